The minimum atomic E-state index is -0.232. The minimum absolute atomic E-state index is 0.232. The van der Waals surface area contributed by atoms with E-state index < -0.39 is 0 Å². The summed E-state index contributed by atoms with van der Waals surface area (Å²) in [7, 11) is 1.59. The fourth-order valence-corrected chi connectivity index (χ4v) is 3.41. The molecule has 8 heteroatoms. The summed E-state index contributed by atoms with van der Waals surface area (Å²) in [5.41, 5.74) is 3.96. The monoisotopic (exact) mass is 443 g/mol. The average molecular weight is 444 g/mol. The van der Waals surface area contributed by atoms with Crippen molar-refractivity contribution < 1.29 is 9.47 Å². The predicted molar refractivity (Wildman–Crippen MR) is 120 cm³/mol. The number of aromatic nitrogens is 2. The molecule has 0 spiro atoms. The third kappa shape index (κ3) is 4.56. The number of halogens is 2. The molecule has 1 aromatic heterocycles. The first-order valence-corrected chi connectivity index (χ1v) is 9.97. The Bertz CT molecular complexity index is 1230. The molecular weight excluding hydrogens is 425 g/mol. The summed E-state index contributed by atoms with van der Waals surface area (Å²) >= 11 is 12.4. The molecule has 0 amide bonds. The zero-order chi connectivity index (χ0) is 21.1. The molecule has 0 unspecified atom stereocenters. The number of aromatic amines is 2. The molecule has 1 heterocycles. The minimum Gasteiger partial charge on any atom is -0.493 e. The van der Waals surface area contributed by atoms with Gasteiger partial charge in [0.2, 0.25) is 0 Å². The highest BCUT2D eigenvalue weighted by Gasteiger charge is 2.11. The molecule has 0 aliphatic rings. The lowest BCUT2D eigenvalue weighted by atomic mass is 10.2. The maximum Gasteiger partial charge on any atom is 0.323 e. The topological polar surface area (TPSA) is 79.1 Å². The molecule has 0 radical (unpaired) electrons. The molecule has 0 aliphatic heterocycles. The number of anilines is 1. The number of fused-ring (bicyclic) bond motifs is 1. The van der Waals surface area contributed by atoms with E-state index in [9.17, 15) is 4.79 Å². The molecule has 4 rings (SSSR count). The second-order valence-electron chi connectivity index (χ2n) is 6.70. The smallest absolute Gasteiger partial charge is 0.323 e. The van der Waals surface area contributed by atoms with Gasteiger partial charge < -0.3 is 24.8 Å². The Hall–Kier alpha value is -3.09. The number of H-pyrrole nitrogens is 2. The molecular formula is C22H19Cl2N3O3. The molecule has 0 bridgehead atoms. The van der Waals surface area contributed by atoms with E-state index in [-0.39, 0.29) is 5.69 Å². The summed E-state index contributed by atoms with van der Waals surface area (Å²) in [6.07, 6.45) is 0. The summed E-state index contributed by atoms with van der Waals surface area (Å²) in [5.74, 6) is 1.16. The van der Waals surface area contributed by atoms with Gasteiger partial charge in [-0.2, -0.15) is 0 Å². The van der Waals surface area contributed by atoms with E-state index in [4.69, 9.17) is 32.7 Å². The van der Waals surface area contributed by atoms with Crippen molar-refractivity contribution in [3.63, 3.8) is 0 Å². The zero-order valence-electron chi connectivity index (χ0n) is 16.1. The lowest BCUT2D eigenvalue weighted by Gasteiger charge is -2.15. The first-order chi connectivity index (χ1) is 14.5. The Morgan fingerprint density at radius 2 is 1.70 bits per heavy atom. The van der Waals surface area contributed by atoms with Gasteiger partial charge in [0.15, 0.2) is 11.5 Å². The van der Waals surface area contributed by atoms with Gasteiger partial charge in [-0.25, -0.2) is 4.79 Å². The first kappa shape index (κ1) is 20.2. The van der Waals surface area contributed by atoms with E-state index in [2.05, 4.69) is 15.3 Å². The standard InChI is InChI=1S/C22H19Cl2N3O3/c1-29-20-8-14(11-25-16-6-7-18-19(9-16)27-22(28)26-18)17(24)10-21(20)30-12-13-2-4-15(23)5-3-13/h2-10,25H,11-12H2,1H3,(H2,26,27,28). The number of hydrogen-bond acceptors (Lipinski definition) is 4. The Morgan fingerprint density at radius 3 is 2.47 bits per heavy atom. The summed E-state index contributed by atoms with van der Waals surface area (Å²) in [4.78, 5) is 16.9. The van der Waals surface area contributed by atoms with Crippen LogP contribution in [0.5, 0.6) is 11.5 Å². The van der Waals surface area contributed by atoms with E-state index in [1.807, 2.05) is 48.5 Å². The highest BCUT2D eigenvalue weighted by molar-refractivity contribution is 6.31. The SMILES string of the molecule is COc1cc(CNc2ccc3[nH]c(=O)[nH]c3c2)c(Cl)cc1OCc1ccc(Cl)cc1. The van der Waals surface area contributed by atoms with Crippen molar-refractivity contribution in [2.24, 2.45) is 0 Å². The summed E-state index contributed by atoms with van der Waals surface area (Å²) < 4.78 is 11.4. The van der Waals surface area contributed by atoms with Gasteiger partial charge in [-0.05, 0) is 47.5 Å². The van der Waals surface area contributed by atoms with Crippen LogP contribution in [0, 0.1) is 0 Å². The van der Waals surface area contributed by atoms with Crippen molar-refractivity contribution in [2.45, 2.75) is 13.2 Å². The van der Waals surface area contributed by atoms with Gasteiger partial charge in [-0.15, -0.1) is 0 Å². The summed E-state index contributed by atoms with van der Waals surface area (Å²) in [6, 6.07) is 16.6. The van der Waals surface area contributed by atoms with Gasteiger partial charge in [-0.1, -0.05) is 35.3 Å². The first-order valence-electron chi connectivity index (χ1n) is 9.21. The van der Waals surface area contributed by atoms with E-state index in [1.165, 1.54) is 0 Å². The molecule has 0 atom stereocenters. The third-order valence-corrected chi connectivity index (χ3v) is 5.24. The van der Waals surface area contributed by atoms with Crippen LogP contribution in [0.2, 0.25) is 10.0 Å². The molecule has 154 valence electrons. The van der Waals surface area contributed by atoms with Crippen LogP contribution in [0.4, 0.5) is 5.69 Å². The summed E-state index contributed by atoms with van der Waals surface area (Å²) in [5, 5.41) is 4.55. The molecule has 4 aromatic rings. The Balaban J connectivity index is 1.47. The quantitative estimate of drug-likeness (QED) is 0.359. The van der Waals surface area contributed by atoms with Gasteiger partial charge in [0.1, 0.15) is 6.61 Å². The second kappa shape index (κ2) is 8.73. The Morgan fingerprint density at radius 1 is 0.933 bits per heavy atom. The molecule has 30 heavy (non-hydrogen) atoms. The molecule has 3 aromatic carbocycles. The molecule has 0 fully saturated rings. The molecule has 0 aliphatic carbocycles. The number of ether oxygens (including phenoxy) is 2. The van der Waals surface area contributed by atoms with Crippen molar-refractivity contribution >= 4 is 39.9 Å². The highest BCUT2D eigenvalue weighted by Crippen LogP contribution is 2.34. The van der Waals surface area contributed by atoms with Gasteiger partial charge in [0.25, 0.3) is 0 Å². The van der Waals surface area contributed by atoms with Crippen LogP contribution in [0.25, 0.3) is 11.0 Å². The second-order valence-corrected chi connectivity index (χ2v) is 7.55. The lowest BCUT2D eigenvalue weighted by Crippen LogP contribution is -2.03. The van der Waals surface area contributed by atoms with Gasteiger partial charge in [-0.3, -0.25) is 0 Å². The normalized spacial score (nSPS) is 10.9. The molecule has 0 saturated heterocycles. The van der Waals surface area contributed by atoms with Crippen LogP contribution in [-0.4, -0.2) is 17.1 Å². The maximum atomic E-state index is 11.4. The van der Waals surface area contributed by atoms with E-state index >= 15 is 0 Å². The number of imidazole rings is 1. The van der Waals surface area contributed by atoms with Crippen LogP contribution in [-0.2, 0) is 13.2 Å². The van der Waals surface area contributed by atoms with Crippen molar-refractivity contribution in [1.29, 1.82) is 0 Å². The lowest BCUT2D eigenvalue weighted by molar-refractivity contribution is 0.284. The van der Waals surface area contributed by atoms with Crippen LogP contribution in [0.15, 0.2) is 59.4 Å². The van der Waals surface area contributed by atoms with Crippen LogP contribution >= 0.6 is 23.2 Å². The fourth-order valence-electron chi connectivity index (χ4n) is 3.07. The number of nitrogens with one attached hydrogen (secondary N) is 3. The van der Waals surface area contributed by atoms with Crippen molar-refractivity contribution in [3.8, 4) is 11.5 Å². The Labute approximate surface area is 182 Å². The summed E-state index contributed by atoms with van der Waals surface area (Å²) in [6.45, 7) is 0.850. The number of hydrogen-bond donors (Lipinski definition) is 3. The number of rotatable bonds is 7. The van der Waals surface area contributed by atoms with Gasteiger partial charge in [0.05, 0.1) is 18.1 Å². The fraction of sp³-hybridized carbons (Fsp3) is 0.136. The average Bonchev–Trinajstić information content (AvgIpc) is 3.11. The van der Waals surface area contributed by atoms with Gasteiger partial charge in [0, 0.05) is 28.3 Å². The molecule has 3 N–H and O–H groups in total. The number of benzene rings is 3. The predicted octanol–water partition coefficient (Wildman–Crippen LogP) is 5.36. The maximum absolute atomic E-state index is 11.4. The van der Waals surface area contributed by atoms with Crippen LogP contribution in [0.1, 0.15) is 11.1 Å². The van der Waals surface area contributed by atoms with E-state index in [0.717, 1.165) is 27.8 Å². The van der Waals surface area contributed by atoms with Crippen LogP contribution in [0.3, 0.4) is 0 Å². The van der Waals surface area contributed by atoms with Crippen molar-refractivity contribution in [3.05, 3.63) is 86.3 Å². The highest BCUT2D eigenvalue weighted by atomic mass is 35.5. The molecule has 0 saturated carbocycles. The van der Waals surface area contributed by atoms with Crippen molar-refractivity contribution in [2.75, 3.05) is 12.4 Å². The largest absolute Gasteiger partial charge is 0.493 e. The van der Waals surface area contributed by atoms with E-state index in [0.29, 0.717) is 34.7 Å². The number of methoxy groups -OCH3 is 1. The van der Waals surface area contributed by atoms with Crippen molar-refractivity contribution in [1.82, 2.24) is 9.97 Å². The zero-order valence-corrected chi connectivity index (χ0v) is 17.6. The van der Waals surface area contributed by atoms with E-state index in [1.54, 1.807) is 13.2 Å². The Kier molecular flexibility index (Phi) is 5.88. The third-order valence-electron chi connectivity index (χ3n) is 4.64. The molecule has 6 nitrogen and oxygen atoms in total. The van der Waals surface area contributed by atoms with Gasteiger partial charge >= 0.3 is 5.69 Å². The van der Waals surface area contributed by atoms with Crippen LogP contribution < -0.4 is 20.5 Å².